The van der Waals surface area contributed by atoms with Crippen molar-refractivity contribution in [3.05, 3.63) is 53.5 Å². The standard InChI is InChI=1S/C13H16O6S2/c1-3-8-12(4-2)20(14,15)18-11-19-21(16,17)13-9-6-5-7-10-13/h3-10H,11H2,1-2H3/b8-3-,12-4+. The van der Waals surface area contributed by atoms with Gasteiger partial charge in [0.1, 0.15) is 0 Å². The van der Waals surface area contributed by atoms with E-state index in [0.29, 0.717) is 0 Å². The first-order valence-electron chi connectivity index (χ1n) is 5.96. The van der Waals surface area contributed by atoms with E-state index in [1.165, 1.54) is 49.4 Å². The van der Waals surface area contributed by atoms with E-state index in [9.17, 15) is 16.8 Å². The fourth-order valence-corrected chi connectivity index (χ4v) is 3.12. The Morgan fingerprint density at radius 1 is 1.05 bits per heavy atom. The van der Waals surface area contributed by atoms with E-state index in [2.05, 4.69) is 8.37 Å². The van der Waals surface area contributed by atoms with Crippen LogP contribution in [0.1, 0.15) is 13.8 Å². The van der Waals surface area contributed by atoms with Crippen molar-refractivity contribution in [1.29, 1.82) is 0 Å². The van der Waals surface area contributed by atoms with Crippen LogP contribution in [0.4, 0.5) is 0 Å². The van der Waals surface area contributed by atoms with Crippen LogP contribution in [0.2, 0.25) is 0 Å². The molecule has 0 aliphatic carbocycles. The van der Waals surface area contributed by atoms with Gasteiger partial charge in [-0.15, -0.1) is 0 Å². The molecule has 1 rings (SSSR count). The van der Waals surface area contributed by atoms with Gasteiger partial charge >= 0.3 is 0 Å². The average molecular weight is 332 g/mol. The molecule has 8 heteroatoms. The quantitative estimate of drug-likeness (QED) is 0.432. The monoisotopic (exact) mass is 332 g/mol. The molecule has 0 atom stereocenters. The summed E-state index contributed by atoms with van der Waals surface area (Å²) in [5.74, 6) is 0. The van der Waals surface area contributed by atoms with Gasteiger partial charge < -0.3 is 0 Å². The van der Waals surface area contributed by atoms with Gasteiger partial charge in [-0.05, 0) is 32.1 Å². The SMILES string of the molecule is C/C=C\C(=C/C)S(=O)(=O)OCOS(=O)(=O)c1ccccc1. The van der Waals surface area contributed by atoms with Crippen LogP contribution in [0.5, 0.6) is 0 Å². The number of allylic oxidation sites excluding steroid dienone is 3. The highest BCUT2D eigenvalue weighted by atomic mass is 32.2. The first kappa shape index (κ1) is 17.6. The summed E-state index contributed by atoms with van der Waals surface area (Å²) < 4.78 is 56.1. The van der Waals surface area contributed by atoms with Crippen LogP contribution < -0.4 is 0 Å². The van der Waals surface area contributed by atoms with E-state index >= 15 is 0 Å². The molecule has 0 saturated heterocycles. The third-order valence-electron chi connectivity index (χ3n) is 2.34. The molecular weight excluding hydrogens is 316 g/mol. The zero-order chi connectivity index (χ0) is 15.9. The molecular formula is C13H16O6S2. The number of benzene rings is 1. The van der Waals surface area contributed by atoms with Gasteiger partial charge in [0, 0.05) is 0 Å². The third kappa shape index (κ3) is 5.09. The van der Waals surface area contributed by atoms with Crippen LogP contribution in [0.25, 0.3) is 0 Å². The molecule has 0 N–H and O–H groups in total. The largest absolute Gasteiger partial charge is 0.299 e. The average Bonchev–Trinajstić information content (AvgIpc) is 2.45. The molecule has 0 aliphatic rings. The Bertz CT molecular complexity index is 715. The lowest BCUT2D eigenvalue weighted by Gasteiger charge is -2.07. The maximum absolute atomic E-state index is 11.8. The van der Waals surface area contributed by atoms with Crippen LogP contribution in [-0.2, 0) is 28.6 Å². The lowest BCUT2D eigenvalue weighted by Crippen LogP contribution is -2.14. The molecule has 0 unspecified atom stereocenters. The van der Waals surface area contributed by atoms with Crippen molar-refractivity contribution in [3.8, 4) is 0 Å². The molecule has 1 aromatic rings. The van der Waals surface area contributed by atoms with Gasteiger partial charge in [0.15, 0.2) is 6.79 Å². The summed E-state index contributed by atoms with van der Waals surface area (Å²) in [4.78, 5) is -0.156. The predicted octanol–water partition coefficient (Wildman–Crippen LogP) is 2.18. The fourth-order valence-electron chi connectivity index (χ4n) is 1.36. The maximum atomic E-state index is 11.8. The van der Waals surface area contributed by atoms with Crippen LogP contribution in [0.3, 0.4) is 0 Å². The van der Waals surface area contributed by atoms with E-state index in [1.54, 1.807) is 13.0 Å². The molecule has 0 bridgehead atoms. The van der Waals surface area contributed by atoms with Crippen LogP contribution in [0.15, 0.2) is 58.4 Å². The Labute approximate surface area is 125 Å². The van der Waals surface area contributed by atoms with Gasteiger partial charge in [-0.2, -0.15) is 16.8 Å². The Balaban J connectivity index is 2.74. The normalized spacial score (nSPS) is 13.7. The minimum absolute atomic E-state index is 0.0780. The van der Waals surface area contributed by atoms with Crippen molar-refractivity contribution in [3.63, 3.8) is 0 Å². The second kappa shape index (κ2) is 7.51. The molecule has 0 heterocycles. The van der Waals surface area contributed by atoms with Gasteiger partial charge in [-0.3, -0.25) is 0 Å². The summed E-state index contributed by atoms with van der Waals surface area (Å²) in [5.41, 5.74) is 0. The molecule has 0 amide bonds. The van der Waals surface area contributed by atoms with Crippen LogP contribution >= 0.6 is 0 Å². The second-order valence-electron chi connectivity index (χ2n) is 3.77. The molecule has 0 aliphatic heterocycles. The number of hydrogen-bond acceptors (Lipinski definition) is 6. The summed E-state index contributed by atoms with van der Waals surface area (Å²) in [6, 6.07) is 7.37. The lowest BCUT2D eigenvalue weighted by atomic mass is 10.4. The summed E-state index contributed by atoms with van der Waals surface area (Å²) in [6.07, 6.45) is 4.19. The Morgan fingerprint density at radius 2 is 1.67 bits per heavy atom. The van der Waals surface area contributed by atoms with E-state index in [-0.39, 0.29) is 9.80 Å². The highest BCUT2D eigenvalue weighted by Gasteiger charge is 2.19. The maximum Gasteiger partial charge on any atom is 0.299 e. The summed E-state index contributed by atoms with van der Waals surface area (Å²) in [5, 5.41) is 0. The second-order valence-corrected chi connectivity index (χ2v) is 7.00. The van der Waals surface area contributed by atoms with Crippen molar-refractivity contribution in [2.45, 2.75) is 18.7 Å². The number of hydrogen-bond donors (Lipinski definition) is 0. The molecule has 1 aromatic carbocycles. The molecule has 6 nitrogen and oxygen atoms in total. The molecule has 21 heavy (non-hydrogen) atoms. The van der Waals surface area contributed by atoms with Crippen molar-refractivity contribution in [1.82, 2.24) is 0 Å². The summed E-state index contributed by atoms with van der Waals surface area (Å²) in [6.45, 7) is 2.25. The molecule has 0 saturated carbocycles. The molecule has 0 spiro atoms. The fraction of sp³-hybridized carbons (Fsp3) is 0.231. The van der Waals surface area contributed by atoms with Gasteiger partial charge in [-0.1, -0.05) is 30.4 Å². The lowest BCUT2D eigenvalue weighted by molar-refractivity contribution is 0.134. The molecule has 0 aromatic heterocycles. The van der Waals surface area contributed by atoms with E-state index in [4.69, 9.17) is 0 Å². The molecule has 0 fully saturated rings. The predicted molar refractivity (Wildman–Crippen MR) is 78.2 cm³/mol. The molecule has 0 radical (unpaired) electrons. The van der Waals surface area contributed by atoms with Crippen molar-refractivity contribution < 1.29 is 25.2 Å². The minimum atomic E-state index is -4.05. The minimum Gasteiger partial charge on any atom is -0.236 e. The Morgan fingerprint density at radius 3 is 2.19 bits per heavy atom. The van der Waals surface area contributed by atoms with Gasteiger partial charge in [0.25, 0.3) is 20.2 Å². The van der Waals surface area contributed by atoms with E-state index in [1.807, 2.05) is 0 Å². The van der Waals surface area contributed by atoms with Gasteiger partial charge in [0.05, 0.1) is 9.80 Å². The van der Waals surface area contributed by atoms with E-state index in [0.717, 1.165) is 0 Å². The summed E-state index contributed by atoms with van der Waals surface area (Å²) >= 11 is 0. The summed E-state index contributed by atoms with van der Waals surface area (Å²) in [7, 11) is -8.11. The van der Waals surface area contributed by atoms with Crippen molar-refractivity contribution >= 4 is 20.2 Å². The highest BCUT2D eigenvalue weighted by Crippen LogP contribution is 2.14. The first-order chi connectivity index (χ1) is 9.83. The zero-order valence-corrected chi connectivity index (χ0v) is 13.2. The smallest absolute Gasteiger partial charge is 0.236 e. The van der Waals surface area contributed by atoms with Crippen LogP contribution in [0, 0.1) is 0 Å². The van der Waals surface area contributed by atoms with Crippen molar-refractivity contribution in [2.75, 3.05) is 6.79 Å². The van der Waals surface area contributed by atoms with Gasteiger partial charge in [0.2, 0.25) is 0 Å². The van der Waals surface area contributed by atoms with E-state index < -0.39 is 27.0 Å². The highest BCUT2D eigenvalue weighted by molar-refractivity contribution is 7.91. The van der Waals surface area contributed by atoms with Crippen molar-refractivity contribution in [2.24, 2.45) is 0 Å². The van der Waals surface area contributed by atoms with Gasteiger partial charge in [-0.25, -0.2) is 8.37 Å². The topological polar surface area (TPSA) is 86.7 Å². The Hall–Kier alpha value is -1.48. The third-order valence-corrected chi connectivity index (χ3v) is 4.95. The van der Waals surface area contributed by atoms with Crippen LogP contribution in [-0.4, -0.2) is 23.6 Å². The first-order valence-corrected chi connectivity index (χ1v) is 8.78. The number of rotatable bonds is 7. The molecule has 116 valence electrons. The zero-order valence-electron chi connectivity index (χ0n) is 11.6. The Kier molecular flexibility index (Phi) is 6.28.